The summed E-state index contributed by atoms with van der Waals surface area (Å²) >= 11 is 0. The summed E-state index contributed by atoms with van der Waals surface area (Å²) in [6, 6.07) is 0. The lowest BCUT2D eigenvalue weighted by Gasteiger charge is -2.06. The number of carbonyl (C=O) groups is 1. The van der Waals surface area contributed by atoms with E-state index in [0.29, 0.717) is 42.3 Å². The lowest BCUT2D eigenvalue weighted by Crippen LogP contribution is -2.30. The minimum atomic E-state index is -0.262. The number of tetrazole rings is 1. The minimum Gasteiger partial charge on any atom is -0.356 e. The van der Waals surface area contributed by atoms with Crippen LogP contribution in [0.25, 0.3) is 0 Å². The van der Waals surface area contributed by atoms with Gasteiger partial charge in [-0.25, -0.2) is 4.98 Å². The van der Waals surface area contributed by atoms with Crippen molar-refractivity contribution in [2.45, 2.75) is 33.1 Å². The van der Waals surface area contributed by atoms with Gasteiger partial charge >= 0.3 is 0 Å². The molecule has 0 saturated carbocycles. The van der Waals surface area contributed by atoms with E-state index in [-0.39, 0.29) is 17.9 Å². The molecular weight excluding hydrogens is 274 g/mol. The number of hydrogen-bond acceptors (Lipinski definition) is 6. The Balaban J connectivity index is 1.81. The van der Waals surface area contributed by atoms with Crippen LogP contribution < -0.4 is 10.9 Å². The number of aromatic amines is 2. The van der Waals surface area contributed by atoms with Crippen LogP contribution in [0.15, 0.2) is 4.79 Å². The van der Waals surface area contributed by atoms with E-state index in [1.807, 2.05) is 0 Å². The fraction of sp³-hybridized carbons (Fsp3) is 0.500. The molecule has 9 nitrogen and oxygen atoms in total. The molecule has 2 aromatic rings. The van der Waals surface area contributed by atoms with Crippen molar-refractivity contribution in [3.8, 4) is 0 Å². The van der Waals surface area contributed by atoms with Gasteiger partial charge in [-0.15, -0.1) is 10.2 Å². The van der Waals surface area contributed by atoms with E-state index < -0.39 is 0 Å². The van der Waals surface area contributed by atoms with E-state index in [2.05, 4.69) is 35.9 Å². The first-order valence-corrected chi connectivity index (χ1v) is 6.61. The third kappa shape index (κ3) is 4.20. The van der Waals surface area contributed by atoms with Crippen molar-refractivity contribution >= 4 is 5.91 Å². The molecule has 0 fully saturated rings. The molecule has 21 heavy (non-hydrogen) atoms. The summed E-state index contributed by atoms with van der Waals surface area (Å²) in [7, 11) is 0. The van der Waals surface area contributed by atoms with Crippen molar-refractivity contribution in [2.24, 2.45) is 0 Å². The molecule has 1 amide bonds. The lowest BCUT2D eigenvalue weighted by atomic mass is 10.1. The van der Waals surface area contributed by atoms with E-state index in [9.17, 15) is 9.59 Å². The Morgan fingerprint density at radius 3 is 2.81 bits per heavy atom. The number of nitrogens with one attached hydrogen (secondary N) is 3. The Hall–Kier alpha value is -2.58. The maximum Gasteiger partial charge on any atom is 0.254 e. The number of amides is 1. The Bertz CT molecular complexity index is 663. The zero-order chi connectivity index (χ0) is 15.2. The Morgan fingerprint density at radius 2 is 2.14 bits per heavy atom. The van der Waals surface area contributed by atoms with E-state index in [1.54, 1.807) is 13.8 Å². The van der Waals surface area contributed by atoms with Crippen LogP contribution in [-0.2, 0) is 17.6 Å². The van der Waals surface area contributed by atoms with Gasteiger partial charge in [0.2, 0.25) is 5.91 Å². The summed E-state index contributed by atoms with van der Waals surface area (Å²) in [5.41, 5.74) is 0.719. The summed E-state index contributed by atoms with van der Waals surface area (Å²) in [6.07, 6.45) is 1.35. The fourth-order valence-electron chi connectivity index (χ4n) is 1.95. The predicted octanol–water partition coefficient (Wildman–Crippen LogP) is -0.809. The predicted molar refractivity (Wildman–Crippen MR) is 73.5 cm³/mol. The average molecular weight is 291 g/mol. The van der Waals surface area contributed by atoms with Crippen LogP contribution >= 0.6 is 0 Å². The van der Waals surface area contributed by atoms with Crippen molar-refractivity contribution in [1.29, 1.82) is 0 Å². The van der Waals surface area contributed by atoms with Crippen LogP contribution in [0.3, 0.4) is 0 Å². The van der Waals surface area contributed by atoms with E-state index in [4.69, 9.17) is 0 Å². The lowest BCUT2D eigenvalue weighted by molar-refractivity contribution is -0.120. The fourth-order valence-corrected chi connectivity index (χ4v) is 1.95. The highest BCUT2D eigenvalue weighted by Crippen LogP contribution is 2.00. The Labute approximate surface area is 120 Å². The molecule has 0 unspecified atom stereocenters. The molecular formula is C12H17N7O2. The first-order valence-electron chi connectivity index (χ1n) is 6.61. The third-order valence-corrected chi connectivity index (χ3v) is 2.97. The van der Waals surface area contributed by atoms with Gasteiger partial charge in [-0.3, -0.25) is 9.59 Å². The van der Waals surface area contributed by atoms with E-state index in [1.165, 1.54) is 0 Å². The molecule has 0 aliphatic carbocycles. The molecule has 0 radical (unpaired) electrons. The molecule has 0 aliphatic rings. The van der Waals surface area contributed by atoms with Gasteiger partial charge < -0.3 is 10.3 Å². The molecule has 112 valence electrons. The van der Waals surface area contributed by atoms with Gasteiger partial charge in [0.15, 0.2) is 5.82 Å². The number of hydrogen-bond donors (Lipinski definition) is 3. The highest BCUT2D eigenvalue weighted by Gasteiger charge is 2.11. The topological polar surface area (TPSA) is 129 Å². The second kappa shape index (κ2) is 6.73. The number of carbonyl (C=O) groups excluding carboxylic acids is 1. The smallest absolute Gasteiger partial charge is 0.254 e. The highest BCUT2D eigenvalue weighted by atomic mass is 16.2. The number of aromatic nitrogens is 6. The van der Waals surface area contributed by atoms with Crippen LogP contribution in [0.4, 0.5) is 0 Å². The molecule has 9 heteroatoms. The SMILES string of the molecule is Cc1nc(C)c(CC(=O)NCCCc2nn[nH]n2)c(=O)[nH]1. The van der Waals surface area contributed by atoms with Gasteiger partial charge in [-0.1, -0.05) is 5.21 Å². The molecule has 0 aromatic carbocycles. The Kier molecular flexibility index (Phi) is 4.75. The third-order valence-electron chi connectivity index (χ3n) is 2.97. The normalized spacial score (nSPS) is 10.6. The van der Waals surface area contributed by atoms with Crippen molar-refractivity contribution < 1.29 is 4.79 Å². The van der Waals surface area contributed by atoms with Crippen LogP contribution in [0.5, 0.6) is 0 Å². The monoisotopic (exact) mass is 291 g/mol. The van der Waals surface area contributed by atoms with E-state index >= 15 is 0 Å². The molecule has 3 N–H and O–H groups in total. The molecule has 0 spiro atoms. The molecule has 2 heterocycles. The maximum absolute atomic E-state index is 11.8. The molecule has 0 bridgehead atoms. The maximum atomic E-state index is 11.8. The van der Waals surface area contributed by atoms with Crippen molar-refractivity contribution in [3.05, 3.63) is 33.3 Å². The summed E-state index contributed by atoms with van der Waals surface area (Å²) in [5, 5.41) is 16.2. The van der Waals surface area contributed by atoms with Crippen molar-refractivity contribution in [3.63, 3.8) is 0 Å². The number of rotatable bonds is 6. The summed E-state index contributed by atoms with van der Waals surface area (Å²) in [6.45, 7) is 3.92. The standard InChI is InChI=1S/C12H17N7O2/c1-7-9(12(21)15-8(2)14-7)6-11(20)13-5-3-4-10-16-18-19-17-10/h3-6H2,1-2H3,(H,13,20)(H,14,15,21)(H,16,17,18,19). The first kappa shape index (κ1) is 14.8. The van der Waals surface area contributed by atoms with Crippen molar-refractivity contribution in [2.75, 3.05) is 6.54 Å². The molecule has 2 aromatic heterocycles. The van der Waals surface area contributed by atoms with E-state index in [0.717, 1.165) is 0 Å². The van der Waals surface area contributed by atoms with Crippen LogP contribution in [0.1, 0.15) is 29.3 Å². The average Bonchev–Trinajstić information content (AvgIpc) is 2.92. The van der Waals surface area contributed by atoms with Crippen LogP contribution in [-0.4, -0.2) is 43.0 Å². The van der Waals surface area contributed by atoms with Gasteiger partial charge in [0.05, 0.1) is 6.42 Å². The highest BCUT2D eigenvalue weighted by molar-refractivity contribution is 5.78. The van der Waals surface area contributed by atoms with Crippen LogP contribution in [0, 0.1) is 13.8 Å². The van der Waals surface area contributed by atoms with Gasteiger partial charge in [0.1, 0.15) is 5.82 Å². The molecule has 0 aliphatic heterocycles. The summed E-state index contributed by atoms with van der Waals surface area (Å²) in [4.78, 5) is 30.4. The number of aryl methyl sites for hydroxylation is 3. The quantitative estimate of drug-likeness (QED) is 0.597. The molecule has 2 rings (SSSR count). The Morgan fingerprint density at radius 1 is 1.33 bits per heavy atom. The minimum absolute atomic E-state index is 0.0245. The zero-order valence-corrected chi connectivity index (χ0v) is 11.9. The number of nitrogens with zero attached hydrogens (tertiary/aromatic N) is 4. The summed E-state index contributed by atoms with van der Waals surface area (Å²) < 4.78 is 0. The first-order chi connectivity index (χ1) is 10.1. The second-order valence-corrected chi connectivity index (χ2v) is 4.67. The molecule has 0 saturated heterocycles. The van der Waals surface area contributed by atoms with Gasteiger partial charge in [-0.2, -0.15) is 5.21 Å². The van der Waals surface area contributed by atoms with Crippen LogP contribution in [0.2, 0.25) is 0 Å². The van der Waals surface area contributed by atoms with Gasteiger partial charge in [-0.05, 0) is 20.3 Å². The van der Waals surface area contributed by atoms with Crippen molar-refractivity contribution in [1.82, 2.24) is 35.9 Å². The number of H-pyrrole nitrogens is 2. The molecule has 0 atom stereocenters. The largest absolute Gasteiger partial charge is 0.356 e. The van der Waals surface area contributed by atoms with Gasteiger partial charge in [0, 0.05) is 24.2 Å². The summed E-state index contributed by atoms with van der Waals surface area (Å²) in [5.74, 6) is 0.948. The van der Waals surface area contributed by atoms with Gasteiger partial charge in [0.25, 0.3) is 5.56 Å². The second-order valence-electron chi connectivity index (χ2n) is 4.67. The zero-order valence-electron chi connectivity index (χ0n) is 11.9.